The second kappa shape index (κ2) is 11.2. The fourth-order valence-corrected chi connectivity index (χ4v) is 2.89. The molecule has 2 aromatic rings. The third kappa shape index (κ3) is 7.56. The Balaban J connectivity index is 1.99. The van der Waals surface area contributed by atoms with Crippen molar-refractivity contribution in [3.8, 4) is 5.75 Å². The van der Waals surface area contributed by atoms with Gasteiger partial charge in [0.05, 0.1) is 6.04 Å². The van der Waals surface area contributed by atoms with Gasteiger partial charge in [0.1, 0.15) is 11.8 Å². The molecule has 0 heterocycles. The van der Waals surface area contributed by atoms with E-state index in [1.54, 1.807) is 24.3 Å². The van der Waals surface area contributed by atoms with Crippen LogP contribution < -0.4 is 22.1 Å². The number of amides is 2. The molecule has 2 amide bonds. The van der Waals surface area contributed by atoms with E-state index in [-0.39, 0.29) is 11.7 Å². The van der Waals surface area contributed by atoms with Crippen LogP contribution in [-0.2, 0) is 16.0 Å². The highest BCUT2D eigenvalue weighted by molar-refractivity contribution is 5.97. The second-order valence-corrected chi connectivity index (χ2v) is 7.18. The molecule has 2 rings (SSSR count). The molecule has 156 valence electrons. The molecule has 2 atom stereocenters. The Morgan fingerprint density at radius 2 is 1.66 bits per heavy atom. The maximum atomic E-state index is 12.7. The number of hydrogen-bond donors (Lipinski definition) is 5. The molecule has 7 heteroatoms. The number of phenolic OH excluding ortho intramolecular Hbond substituents is 1. The summed E-state index contributed by atoms with van der Waals surface area (Å²) < 4.78 is 0. The minimum absolute atomic E-state index is 0.152. The van der Waals surface area contributed by atoms with Gasteiger partial charge in [0.2, 0.25) is 11.8 Å². The van der Waals surface area contributed by atoms with Crippen LogP contribution in [0.2, 0.25) is 0 Å². The Bertz CT molecular complexity index is 791. The monoisotopic (exact) mass is 398 g/mol. The third-order valence-corrected chi connectivity index (χ3v) is 4.63. The highest BCUT2D eigenvalue weighted by Gasteiger charge is 2.23. The summed E-state index contributed by atoms with van der Waals surface area (Å²) in [5.41, 5.74) is 14.2. The summed E-state index contributed by atoms with van der Waals surface area (Å²) in [5.74, 6) is -0.523. The Kier molecular flexibility index (Phi) is 8.64. The summed E-state index contributed by atoms with van der Waals surface area (Å²) >= 11 is 0. The van der Waals surface area contributed by atoms with E-state index in [0.717, 1.165) is 24.0 Å². The van der Waals surface area contributed by atoms with Crippen LogP contribution in [0.5, 0.6) is 5.75 Å². The average molecular weight is 399 g/mol. The highest BCUT2D eigenvalue weighted by atomic mass is 16.3. The van der Waals surface area contributed by atoms with E-state index in [2.05, 4.69) is 10.6 Å². The summed E-state index contributed by atoms with van der Waals surface area (Å²) in [6, 6.07) is 12.5. The molecule has 0 fully saturated rings. The van der Waals surface area contributed by atoms with E-state index in [1.165, 1.54) is 0 Å². The minimum Gasteiger partial charge on any atom is -0.508 e. The Morgan fingerprint density at radius 1 is 1.00 bits per heavy atom. The van der Waals surface area contributed by atoms with Gasteiger partial charge >= 0.3 is 0 Å². The van der Waals surface area contributed by atoms with Crippen molar-refractivity contribution in [1.29, 1.82) is 0 Å². The van der Waals surface area contributed by atoms with E-state index in [4.69, 9.17) is 11.5 Å². The lowest BCUT2D eigenvalue weighted by Crippen LogP contribution is -2.50. The van der Waals surface area contributed by atoms with E-state index in [0.29, 0.717) is 25.1 Å². The van der Waals surface area contributed by atoms with E-state index < -0.39 is 18.0 Å². The lowest BCUT2D eigenvalue weighted by atomic mass is 10.0. The predicted octanol–water partition coefficient (Wildman–Crippen LogP) is 1.82. The Hall–Kier alpha value is -2.90. The summed E-state index contributed by atoms with van der Waals surface area (Å²) in [6.45, 7) is 2.50. The standard InChI is InChI=1S/C22H30N4O3/c1-15-5-9-17(10-6-15)25-22(29)20(4-2-3-13-23)26-21(28)19(24)14-16-7-11-18(27)12-8-16/h5-12,19-20,27H,2-4,13-14,23-24H2,1H3,(H,25,29)(H,26,28)/t19-,20-/m1/s1. The molecule has 2 aromatic carbocycles. The lowest BCUT2D eigenvalue weighted by molar-refractivity contribution is -0.127. The zero-order chi connectivity index (χ0) is 21.2. The molecule has 0 spiro atoms. The maximum Gasteiger partial charge on any atom is 0.246 e. The van der Waals surface area contributed by atoms with E-state index >= 15 is 0 Å². The van der Waals surface area contributed by atoms with Crippen LogP contribution in [0.4, 0.5) is 5.69 Å². The number of benzene rings is 2. The molecule has 7 nitrogen and oxygen atoms in total. The summed E-state index contributed by atoms with van der Waals surface area (Å²) in [4.78, 5) is 25.3. The van der Waals surface area contributed by atoms with Crippen LogP contribution in [0.1, 0.15) is 30.4 Å². The van der Waals surface area contributed by atoms with Crippen molar-refractivity contribution in [2.45, 2.75) is 44.7 Å². The third-order valence-electron chi connectivity index (χ3n) is 4.63. The zero-order valence-electron chi connectivity index (χ0n) is 16.7. The van der Waals surface area contributed by atoms with Gasteiger partial charge in [0, 0.05) is 5.69 Å². The van der Waals surface area contributed by atoms with Crippen molar-refractivity contribution in [2.75, 3.05) is 11.9 Å². The molecule has 7 N–H and O–H groups in total. The van der Waals surface area contributed by atoms with E-state index in [1.807, 2.05) is 31.2 Å². The molecule has 0 aromatic heterocycles. The number of carbonyl (C=O) groups excluding carboxylic acids is 2. The molecular weight excluding hydrogens is 368 g/mol. The van der Waals surface area contributed by atoms with Crippen molar-refractivity contribution < 1.29 is 14.7 Å². The molecule has 0 saturated carbocycles. The van der Waals surface area contributed by atoms with Gasteiger partial charge in [-0.15, -0.1) is 0 Å². The van der Waals surface area contributed by atoms with Gasteiger partial charge in [-0.1, -0.05) is 29.8 Å². The molecule has 0 saturated heterocycles. The fraction of sp³-hybridized carbons (Fsp3) is 0.364. The van der Waals surface area contributed by atoms with Gasteiger partial charge in [-0.05, 0) is 69.0 Å². The van der Waals surface area contributed by atoms with Gasteiger partial charge in [0.15, 0.2) is 0 Å². The van der Waals surface area contributed by atoms with Crippen molar-refractivity contribution in [1.82, 2.24) is 5.32 Å². The summed E-state index contributed by atoms with van der Waals surface area (Å²) in [6.07, 6.45) is 2.27. The minimum atomic E-state index is -0.802. The molecule has 0 aliphatic rings. The number of anilines is 1. The summed E-state index contributed by atoms with van der Waals surface area (Å²) in [5, 5.41) is 15.0. The number of aryl methyl sites for hydroxylation is 1. The van der Waals surface area contributed by atoms with Crippen LogP contribution in [0.15, 0.2) is 48.5 Å². The van der Waals surface area contributed by atoms with E-state index in [9.17, 15) is 14.7 Å². The van der Waals surface area contributed by atoms with Crippen LogP contribution in [-0.4, -0.2) is 35.5 Å². The smallest absolute Gasteiger partial charge is 0.246 e. The van der Waals surface area contributed by atoms with Crippen LogP contribution >= 0.6 is 0 Å². The number of unbranched alkanes of at least 4 members (excludes halogenated alkanes) is 1. The first-order valence-electron chi connectivity index (χ1n) is 9.80. The second-order valence-electron chi connectivity index (χ2n) is 7.18. The number of nitrogens with two attached hydrogens (primary N) is 2. The summed E-state index contributed by atoms with van der Waals surface area (Å²) in [7, 11) is 0. The first-order chi connectivity index (χ1) is 13.9. The molecule has 29 heavy (non-hydrogen) atoms. The molecule has 0 aliphatic heterocycles. The number of carbonyl (C=O) groups is 2. The van der Waals surface area contributed by atoms with Gasteiger partial charge in [-0.2, -0.15) is 0 Å². The number of hydrogen-bond acceptors (Lipinski definition) is 5. The molecule has 0 bridgehead atoms. The van der Waals surface area contributed by atoms with Gasteiger partial charge in [-0.3, -0.25) is 9.59 Å². The first-order valence-corrected chi connectivity index (χ1v) is 9.80. The quantitative estimate of drug-likeness (QED) is 0.390. The van der Waals surface area contributed by atoms with Crippen LogP contribution in [0, 0.1) is 6.92 Å². The van der Waals surface area contributed by atoms with Crippen molar-refractivity contribution in [2.24, 2.45) is 11.5 Å². The van der Waals surface area contributed by atoms with Gasteiger partial charge < -0.3 is 27.2 Å². The molecule has 0 aliphatic carbocycles. The van der Waals surface area contributed by atoms with Crippen LogP contribution in [0.3, 0.4) is 0 Å². The largest absolute Gasteiger partial charge is 0.508 e. The van der Waals surface area contributed by atoms with Crippen LogP contribution in [0.25, 0.3) is 0 Å². The number of rotatable bonds is 10. The number of nitrogens with one attached hydrogen (secondary N) is 2. The van der Waals surface area contributed by atoms with Gasteiger partial charge in [-0.25, -0.2) is 0 Å². The molecule has 0 radical (unpaired) electrons. The fourth-order valence-electron chi connectivity index (χ4n) is 2.89. The zero-order valence-corrected chi connectivity index (χ0v) is 16.7. The Labute approximate surface area is 171 Å². The number of phenols is 1. The topological polar surface area (TPSA) is 130 Å². The predicted molar refractivity (Wildman–Crippen MR) is 114 cm³/mol. The van der Waals surface area contributed by atoms with Crippen molar-refractivity contribution in [3.63, 3.8) is 0 Å². The normalized spacial score (nSPS) is 12.8. The Morgan fingerprint density at radius 3 is 2.28 bits per heavy atom. The molecular formula is C22H30N4O3. The average Bonchev–Trinajstić information content (AvgIpc) is 2.70. The first kappa shape index (κ1) is 22.4. The van der Waals surface area contributed by atoms with Crippen molar-refractivity contribution in [3.05, 3.63) is 59.7 Å². The SMILES string of the molecule is Cc1ccc(NC(=O)[C@@H](CCCCN)NC(=O)[C@H](N)Cc2ccc(O)cc2)cc1. The number of aromatic hydroxyl groups is 1. The van der Waals surface area contributed by atoms with Gasteiger partial charge in [0.25, 0.3) is 0 Å². The highest BCUT2D eigenvalue weighted by Crippen LogP contribution is 2.13. The maximum absolute atomic E-state index is 12.7. The van der Waals surface area contributed by atoms with Crippen molar-refractivity contribution >= 4 is 17.5 Å². The lowest BCUT2D eigenvalue weighted by Gasteiger charge is -2.21. The molecule has 0 unspecified atom stereocenters.